The van der Waals surface area contributed by atoms with Gasteiger partial charge in [-0.15, -0.1) is 0 Å². The van der Waals surface area contributed by atoms with Crippen LogP contribution in [0.4, 0.5) is 4.39 Å². The van der Waals surface area contributed by atoms with Gasteiger partial charge in [0.25, 0.3) is 0 Å². The van der Waals surface area contributed by atoms with E-state index in [0.29, 0.717) is 16.1 Å². The quantitative estimate of drug-likeness (QED) is 0.484. The van der Waals surface area contributed by atoms with Gasteiger partial charge < -0.3 is 0 Å². The fourth-order valence-corrected chi connectivity index (χ4v) is 3.34. The summed E-state index contributed by atoms with van der Waals surface area (Å²) in [6.45, 7) is 1.87. The Morgan fingerprint density at radius 1 is 1.33 bits per heavy atom. The summed E-state index contributed by atoms with van der Waals surface area (Å²) in [5.41, 5.74) is 1.94. The van der Waals surface area contributed by atoms with Crippen LogP contribution < -0.4 is 0 Å². The van der Waals surface area contributed by atoms with Gasteiger partial charge >= 0.3 is 0 Å². The zero-order chi connectivity index (χ0) is 13.1. The molecule has 0 aromatic heterocycles. The molecule has 0 spiro atoms. The summed E-state index contributed by atoms with van der Waals surface area (Å²) in [5.74, 6) is 0.187. The maximum atomic E-state index is 13.9. The summed E-state index contributed by atoms with van der Waals surface area (Å²) < 4.78 is 13.9. The molecule has 0 amide bonds. The second-order valence-electron chi connectivity index (χ2n) is 4.85. The fourth-order valence-electron chi connectivity index (χ4n) is 2.58. The first-order valence-electron chi connectivity index (χ1n) is 6.16. The molecule has 0 radical (unpaired) electrons. The topological polar surface area (TPSA) is 23.8 Å². The van der Waals surface area contributed by atoms with Crippen LogP contribution in [0.5, 0.6) is 0 Å². The van der Waals surface area contributed by atoms with E-state index in [0.717, 1.165) is 48.6 Å². The zero-order valence-electron chi connectivity index (χ0n) is 10.3. The summed E-state index contributed by atoms with van der Waals surface area (Å²) >= 11 is 5.39. The van der Waals surface area contributed by atoms with Gasteiger partial charge in [-0.05, 0) is 67.5 Å². The Labute approximate surface area is 117 Å². The van der Waals surface area contributed by atoms with Crippen molar-refractivity contribution in [3.63, 3.8) is 0 Å². The lowest BCUT2D eigenvalue weighted by molar-refractivity contribution is 0.452. The Morgan fingerprint density at radius 2 is 2.00 bits per heavy atom. The monoisotopic (exact) mass is 281 g/mol. The summed E-state index contributed by atoms with van der Waals surface area (Å²) in [4.78, 5) is 0.462. The number of thioether (sulfide) groups is 1. The first-order chi connectivity index (χ1) is 8.61. The maximum Gasteiger partial charge on any atom is 0.138 e. The van der Waals surface area contributed by atoms with E-state index in [4.69, 9.17) is 5.26 Å². The number of benzene rings is 1. The highest BCUT2D eigenvalue weighted by Gasteiger charge is 2.21. The van der Waals surface area contributed by atoms with Crippen LogP contribution >= 0.6 is 24.4 Å². The minimum Gasteiger partial charge on any atom is -0.206 e. The van der Waals surface area contributed by atoms with Crippen molar-refractivity contribution in [2.24, 2.45) is 0 Å². The molecule has 1 aromatic rings. The van der Waals surface area contributed by atoms with Crippen molar-refractivity contribution >= 4 is 24.4 Å². The molecule has 96 valence electrons. The highest BCUT2D eigenvalue weighted by atomic mass is 32.2. The van der Waals surface area contributed by atoms with Crippen LogP contribution in [-0.4, -0.2) is 5.25 Å². The molecule has 0 N–H and O–H groups in total. The summed E-state index contributed by atoms with van der Waals surface area (Å²) in [5, 5.41) is 11.1. The third kappa shape index (κ3) is 3.02. The lowest BCUT2D eigenvalue weighted by atomic mass is 9.83. The molecule has 1 saturated carbocycles. The second-order valence-corrected chi connectivity index (χ2v) is 6.37. The van der Waals surface area contributed by atoms with E-state index >= 15 is 0 Å². The number of hydrogen-bond acceptors (Lipinski definition) is 3. The largest absolute Gasteiger partial charge is 0.206 e. The molecule has 0 heterocycles. The number of nitrogens with zero attached hydrogens (tertiary/aromatic N) is 1. The van der Waals surface area contributed by atoms with E-state index in [1.807, 2.05) is 18.4 Å². The van der Waals surface area contributed by atoms with Gasteiger partial charge in [0.1, 0.15) is 11.2 Å². The molecule has 2 rings (SSSR count). The van der Waals surface area contributed by atoms with E-state index in [1.54, 1.807) is 6.07 Å². The molecule has 1 fully saturated rings. The molecule has 0 saturated heterocycles. The average Bonchev–Trinajstić information content (AvgIpc) is 2.34. The Balaban J connectivity index is 2.23. The lowest BCUT2D eigenvalue weighted by Gasteiger charge is -2.26. The van der Waals surface area contributed by atoms with Crippen molar-refractivity contribution in [2.45, 2.75) is 48.7 Å². The third-order valence-corrected chi connectivity index (χ3v) is 4.90. The van der Waals surface area contributed by atoms with Gasteiger partial charge in [0.05, 0.1) is 4.90 Å². The van der Waals surface area contributed by atoms with Gasteiger partial charge in [0.15, 0.2) is 0 Å². The van der Waals surface area contributed by atoms with Crippen LogP contribution in [0.2, 0.25) is 0 Å². The predicted octanol–water partition coefficient (Wildman–Crippen LogP) is 4.66. The SMILES string of the molecule is Cc1cc(C2CCC(S)CC2)cc(F)c1SC#N. The molecule has 1 aliphatic carbocycles. The van der Waals surface area contributed by atoms with Crippen LogP contribution in [0.25, 0.3) is 0 Å². The summed E-state index contributed by atoms with van der Waals surface area (Å²) in [7, 11) is 0. The second kappa shape index (κ2) is 5.99. The number of halogens is 1. The van der Waals surface area contributed by atoms with Crippen molar-refractivity contribution in [1.29, 1.82) is 5.26 Å². The Hall–Kier alpha value is -0.660. The van der Waals surface area contributed by atoms with Gasteiger partial charge in [-0.2, -0.15) is 17.9 Å². The van der Waals surface area contributed by atoms with E-state index in [9.17, 15) is 4.39 Å². The first kappa shape index (κ1) is 13.8. The first-order valence-corrected chi connectivity index (χ1v) is 7.49. The highest BCUT2D eigenvalue weighted by Crippen LogP contribution is 2.37. The van der Waals surface area contributed by atoms with Gasteiger partial charge in [0, 0.05) is 5.25 Å². The molecule has 0 unspecified atom stereocenters. The molecular weight excluding hydrogens is 265 g/mol. The van der Waals surface area contributed by atoms with Crippen LogP contribution in [0.1, 0.15) is 42.7 Å². The Bertz CT molecular complexity index is 450. The predicted molar refractivity (Wildman–Crippen MR) is 76.6 cm³/mol. The van der Waals surface area contributed by atoms with Gasteiger partial charge in [-0.1, -0.05) is 6.07 Å². The van der Waals surface area contributed by atoms with Crippen LogP contribution in [-0.2, 0) is 0 Å². The van der Waals surface area contributed by atoms with E-state index in [-0.39, 0.29) is 5.82 Å². The molecule has 1 nitrogen and oxygen atoms in total. The number of nitriles is 1. The number of rotatable bonds is 2. The molecule has 18 heavy (non-hydrogen) atoms. The van der Waals surface area contributed by atoms with E-state index in [1.165, 1.54) is 0 Å². The highest BCUT2D eigenvalue weighted by molar-refractivity contribution is 8.03. The van der Waals surface area contributed by atoms with Crippen molar-refractivity contribution in [1.82, 2.24) is 0 Å². The minimum absolute atomic E-state index is 0.260. The van der Waals surface area contributed by atoms with Crippen molar-refractivity contribution < 1.29 is 4.39 Å². The maximum absolute atomic E-state index is 13.9. The van der Waals surface area contributed by atoms with Gasteiger partial charge in [0.2, 0.25) is 0 Å². The molecule has 0 atom stereocenters. The number of thiocyanates is 1. The Morgan fingerprint density at radius 3 is 2.56 bits per heavy atom. The molecular formula is C14H16FNS2. The lowest BCUT2D eigenvalue weighted by Crippen LogP contribution is -2.13. The normalized spacial score (nSPS) is 23.7. The third-order valence-electron chi connectivity index (χ3n) is 3.57. The number of thiol groups is 1. The molecule has 1 aliphatic rings. The minimum atomic E-state index is -0.260. The van der Waals surface area contributed by atoms with Crippen molar-refractivity contribution in [3.05, 3.63) is 29.1 Å². The Kier molecular flexibility index (Phi) is 4.58. The van der Waals surface area contributed by atoms with Gasteiger partial charge in [-0.3, -0.25) is 0 Å². The zero-order valence-corrected chi connectivity index (χ0v) is 12.0. The van der Waals surface area contributed by atoms with Gasteiger partial charge in [-0.25, -0.2) is 4.39 Å². The number of aryl methyl sites for hydroxylation is 1. The molecule has 4 heteroatoms. The van der Waals surface area contributed by atoms with Crippen LogP contribution in [0.3, 0.4) is 0 Å². The summed E-state index contributed by atoms with van der Waals surface area (Å²) in [6.07, 6.45) is 4.36. The smallest absolute Gasteiger partial charge is 0.138 e. The van der Waals surface area contributed by atoms with Crippen molar-refractivity contribution in [3.8, 4) is 5.40 Å². The average molecular weight is 281 g/mol. The standard InChI is InChI=1S/C14H16FNS2/c1-9-6-11(7-13(15)14(9)18-8-16)10-2-4-12(17)5-3-10/h6-7,10,12,17H,2-5H2,1H3. The van der Waals surface area contributed by atoms with Crippen LogP contribution in [0.15, 0.2) is 17.0 Å². The fraction of sp³-hybridized carbons (Fsp3) is 0.500. The van der Waals surface area contributed by atoms with E-state index in [2.05, 4.69) is 12.6 Å². The molecule has 0 aliphatic heterocycles. The van der Waals surface area contributed by atoms with Crippen LogP contribution in [0, 0.1) is 23.4 Å². The van der Waals surface area contributed by atoms with E-state index < -0.39 is 0 Å². The molecule has 1 aromatic carbocycles. The number of hydrogen-bond donors (Lipinski definition) is 1. The summed E-state index contributed by atoms with van der Waals surface area (Å²) in [6, 6.07) is 3.64. The van der Waals surface area contributed by atoms with Crippen molar-refractivity contribution in [2.75, 3.05) is 0 Å². The molecule has 0 bridgehead atoms.